The van der Waals surface area contributed by atoms with Crippen LogP contribution in [0.3, 0.4) is 0 Å². The van der Waals surface area contributed by atoms with Gasteiger partial charge >= 0.3 is 0 Å². The summed E-state index contributed by atoms with van der Waals surface area (Å²) in [4.78, 5) is 26.2. The van der Waals surface area contributed by atoms with E-state index in [-0.39, 0.29) is 28.7 Å². The molecule has 1 spiro atoms. The van der Waals surface area contributed by atoms with E-state index in [9.17, 15) is 9.59 Å². The van der Waals surface area contributed by atoms with Gasteiger partial charge in [0, 0.05) is 18.7 Å². The van der Waals surface area contributed by atoms with Gasteiger partial charge in [-0.1, -0.05) is 24.4 Å². The summed E-state index contributed by atoms with van der Waals surface area (Å²) in [6.45, 7) is 5.63. The molecule has 1 aliphatic carbocycles. The van der Waals surface area contributed by atoms with Gasteiger partial charge in [-0.3, -0.25) is 9.59 Å². The zero-order chi connectivity index (χ0) is 23.8. The van der Waals surface area contributed by atoms with Gasteiger partial charge in [0.15, 0.2) is 0 Å². The number of amides is 2. The molecule has 2 heterocycles. The number of anilines is 1. The fraction of sp³-hybridized carbons (Fsp3) is 0.458. The first kappa shape index (κ1) is 23.0. The molecule has 2 amide bonds. The largest absolute Gasteiger partial charge is 0.492 e. The summed E-state index contributed by atoms with van der Waals surface area (Å²) >= 11 is 6.39. The predicted octanol–water partition coefficient (Wildman–Crippen LogP) is 3.25. The summed E-state index contributed by atoms with van der Waals surface area (Å²) < 4.78 is 7.33. The van der Waals surface area contributed by atoms with Crippen molar-refractivity contribution in [1.82, 2.24) is 14.7 Å². The number of hydrogen-bond donors (Lipinski definition) is 2. The highest BCUT2D eigenvalue weighted by molar-refractivity contribution is 6.32. The summed E-state index contributed by atoms with van der Waals surface area (Å²) in [5.41, 5.74) is 13.3. The lowest BCUT2D eigenvalue weighted by Gasteiger charge is -2.45. The van der Waals surface area contributed by atoms with Crippen molar-refractivity contribution in [1.29, 1.82) is 0 Å². The highest BCUT2D eigenvalue weighted by Crippen LogP contribution is 2.54. The number of nitrogens with zero attached hydrogens (tertiary/aromatic N) is 3. The number of carbonyl (C=O) groups is 2. The van der Waals surface area contributed by atoms with Crippen LogP contribution >= 0.6 is 11.6 Å². The van der Waals surface area contributed by atoms with Crippen molar-refractivity contribution in [3.63, 3.8) is 0 Å². The predicted molar refractivity (Wildman–Crippen MR) is 127 cm³/mol. The van der Waals surface area contributed by atoms with E-state index < -0.39 is 5.91 Å². The molecule has 33 heavy (non-hydrogen) atoms. The maximum Gasteiger partial charge on any atom is 0.298 e. The lowest BCUT2D eigenvalue weighted by Crippen LogP contribution is -2.42. The maximum atomic E-state index is 12.3. The van der Waals surface area contributed by atoms with Crippen LogP contribution in [-0.2, 0) is 4.79 Å². The topological polar surface area (TPSA) is 116 Å². The fourth-order valence-electron chi connectivity index (χ4n) is 4.89. The molecule has 2 aromatic rings. The van der Waals surface area contributed by atoms with Crippen molar-refractivity contribution in [2.75, 3.05) is 25.4 Å². The third kappa shape index (κ3) is 4.25. The number of ether oxygens (including phenoxy) is 1. The number of aromatic nitrogens is 2. The molecule has 1 aliphatic heterocycles. The number of primary amides is 1. The maximum absolute atomic E-state index is 12.3. The highest BCUT2D eigenvalue weighted by atomic mass is 35.5. The minimum atomic E-state index is -0.638. The van der Waals surface area contributed by atoms with E-state index in [4.69, 9.17) is 27.8 Å². The monoisotopic (exact) mass is 469 g/mol. The first-order chi connectivity index (χ1) is 15.8. The molecular formula is C24H28ClN5O3. The molecule has 0 atom stereocenters. The zero-order valence-corrected chi connectivity index (χ0v) is 19.6. The SMILES string of the molecule is CC#CC(=O)N1CC[C@]2(C1)C[C@H](n1nc(-c3ccc(OCCC)c(Cl)c3)c(C(N)=O)c1N)C2. The molecule has 8 nitrogen and oxygen atoms in total. The molecule has 174 valence electrons. The summed E-state index contributed by atoms with van der Waals surface area (Å²) in [6.07, 6.45) is 3.44. The van der Waals surface area contributed by atoms with Crippen LogP contribution in [0.1, 0.15) is 55.9 Å². The standard InChI is InChI=1S/C24H28ClN5O3/c1-3-5-19(31)29-9-8-24(14-29)12-16(13-24)30-22(26)20(23(27)32)21(28-30)15-6-7-18(17(25)11-15)33-10-4-2/h6-7,11,16H,4,8-10,12-14,26H2,1-2H3,(H2,27,32)/t16-,24-. The average Bonchev–Trinajstić information content (AvgIpc) is 3.34. The van der Waals surface area contributed by atoms with Crippen LogP contribution < -0.4 is 16.2 Å². The molecule has 2 aliphatic rings. The normalized spacial score (nSPS) is 21.4. The second-order valence-electron chi connectivity index (χ2n) is 8.83. The Morgan fingerprint density at radius 2 is 2.12 bits per heavy atom. The van der Waals surface area contributed by atoms with E-state index in [0.717, 1.165) is 25.7 Å². The number of hydrogen-bond acceptors (Lipinski definition) is 5. The third-order valence-corrected chi connectivity index (χ3v) is 6.80. The van der Waals surface area contributed by atoms with E-state index in [1.54, 1.807) is 29.8 Å². The Balaban J connectivity index is 1.57. The first-order valence-corrected chi connectivity index (χ1v) is 11.5. The summed E-state index contributed by atoms with van der Waals surface area (Å²) in [7, 11) is 0. The molecule has 2 fully saturated rings. The molecule has 1 aromatic heterocycles. The van der Waals surface area contributed by atoms with Gasteiger partial charge < -0.3 is 21.1 Å². The summed E-state index contributed by atoms with van der Waals surface area (Å²) in [6, 6.07) is 5.30. The molecule has 0 radical (unpaired) electrons. The number of rotatable bonds is 6. The van der Waals surface area contributed by atoms with Gasteiger partial charge in [-0.2, -0.15) is 5.10 Å². The van der Waals surface area contributed by atoms with E-state index in [1.807, 2.05) is 11.8 Å². The number of benzene rings is 1. The third-order valence-electron chi connectivity index (χ3n) is 6.50. The van der Waals surface area contributed by atoms with Gasteiger partial charge in [-0.25, -0.2) is 4.68 Å². The average molecular weight is 470 g/mol. The van der Waals surface area contributed by atoms with Gasteiger partial charge in [-0.05, 0) is 62.1 Å². The van der Waals surface area contributed by atoms with Crippen molar-refractivity contribution in [3.05, 3.63) is 28.8 Å². The lowest BCUT2D eigenvalue weighted by molar-refractivity contribution is -0.125. The minimum Gasteiger partial charge on any atom is -0.492 e. The van der Waals surface area contributed by atoms with Crippen molar-refractivity contribution < 1.29 is 14.3 Å². The van der Waals surface area contributed by atoms with Crippen molar-refractivity contribution in [3.8, 4) is 28.8 Å². The molecule has 0 bridgehead atoms. The second-order valence-corrected chi connectivity index (χ2v) is 9.23. The Bertz CT molecular complexity index is 1160. The molecular weight excluding hydrogens is 442 g/mol. The Morgan fingerprint density at radius 3 is 2.76 bits per heavy atom. The van der Waals surface area contributed by atoms with Gasteiger partial charge in [-0.15, -0.1) is 0 Å². The van der Waals surface area contributed by atoms with Gasteiger partial charge in [0.25, 0.3) is 11.8 Å². The van der Waals surface area contributed by atoms with E-state index in [0.29, 0.717) is 41.7 Å². The summed E-state index contributed by atoms with van der Waals surface area (Å²) in [5, 5.41) is 5.11. The number of likely N-dealkylation sites (tertiary alicyclic amines) is 1. The fourth-order valence-corrected chi connectivity index (χ4v) is 5.12. The number of nitrogen functional groups attached to an aromatic ring is 1. The van der Waals surface area contributed by atoms with Crippen LogP contribution in [0.4, 0.5) is 5.82 Å². The van der Waals surface area contributed by atoms with Crippen molar-refractivity contribution in [2.45, 2.75) is 45.6 Å². The first-order valence-electron chi connectivity index (χ1n) is 11.1. The molecule has 0 unspecified atom stereocenters. The van der Waals surface area contributed by atoms with E-state index >= 15 is 0 Å². The smallest absolute Gasteiger partial charge is 0.298 e. The van der Waals surface area contributed by atoms with Crippen LogP contribution in [0.5, 0.6) is 5.75 Å². The Hall–Kier alpha value is -3.18. The van der Waals surface area contributed by atoms with E-state index in [1.165, 1.54) is 0 Å². The van der Waals surface area contributed by atoms with Crippen molar-refractivity contribution >= 4 is 29.2 Å². The van der Waals surface area contributed by atoms with E-state index in [2.05, 4.69) is 16.9 Å². The lowest BCUT2D eigenvalue weighted by atomic mass is 9.65. The molecule has 1 saturated heterocycles. The van der Waals surface area contributed by atoms with Crippen LogP contribution in [0, 0.1) is 17.3 Å². The molecule has 1 aromatic carbocycles. The molecule has 1 saturated carbocycles. The Morgan fingerprint density at radius 1 is 1.36 bits per heavy atom. The highest BCUT2D eigenvalue weighted by Gasteiger charge is 2.51. The molecule has 4 rings (SSSR count). The summed E-state index contributed by atoms with van der Waals surface area (Å²) in [5.74, 6) is 5.35. The Labute approximate surface area is 198 Å². The van der Waals surface area contributed by atoms with Gasteiger partial charge in [0.05, 0.1) is 17.7 Å². The second kappa shape index (κ2) is 8.99. The van der Waals surface area contributed by atoms with Crippen LogP contribution in [0.2, 0.25) is 5.02 Å². The number of halogens is 1. The van der Waals surface area contributed by atoms with Crippen LogP contribution in [0.15, 0.2) is 18.2 Å². The number of nitrogens with two attached hydrogens (primary N) is 2. The Kier molecular flexibility index (Phi) is 6.26. The van der Waals surface area contributed by atoms with Crippen LogP contribution in [0.25, 0.3) is 11.3 Å². The minimum absolute atomic E-state index is 0.0341. The van der Waals surface area contributed by atoms with Crippen LogP contribution in [-0.4, -0.2) is 46.2 Å². The quantitative estimate of drug-likeness (QED) is 0.630. The molecule has 9 heteroatoms. The van der Waals surface area contributed by atoms with Crippen molar-refractivity contribution in [2.24, 2.45) is 11.1 Å². The zero-order valence-electron chi connectivity index (χ0n) is 18.9. The number of carbonyl (C=O) groups excluding carboxylic acids is 2. The van der Waals surface area contributed by atoms with Gasteiger partial charge in [0.2, 0.25) is 0 Å². The molecule has 4 N–H and O–H groups in total. The van der Waals surface area contributed by atoms with Gasteiger partial charge in [0.1, 0.15) is 22.8 Å².